The number of hydrogen-bond donors (Lipinski definition) is 1. The smallest absolute Gasteiger partial charge is 0.189 e. The molecule has 5 nitrogen and oxygen atoms in total. The first kappa shape index (κ1) is 17.0. The van der Waals surface area contributed by atoms with Crippen LogP contribution in [0.2, 0.25) is 0 Å². The van der Waals surface area contributed by atoms with Crippen molar-refractivity contribution in [2.24, 2.45) is 0 Å². The summed E-state index contributed by atoms with van der Waals surface area (Å²) in [5.41, 5.74) is 10.5. The first-order valence-corrected chi connectivity index (χ1v) is 8.54. The Kier molecular flexibility index (Phi) is 4.03. The molecule has 136 valence electrons. The topological polar surface area (TPSA) is 74.0 Å². The largest absolute Gasteiger partial charge is 0.398 e. The average Bonchev–Trinajstić information content (AvgIpc) is 2.97. The average molecular weight is 363 g/mol. The first-order valence-electron chi connectivity index (χ1n) is 8.54. The maximum absolute atomic E-state index is 13.3. The quantitative estimate of drug-likeness (QED) is 0.558. The van der Waals surface area contributed by atoms with Gasteiger partial charge in [-0.25, -0.2) is 4.39 Å². The van der Waals surface area contributed by atoms with Crippen molar-refractivity contribution in [3.8, 4) is 11.1 Å². The molecule has 2 heterocycles. The van der Waals surface area contributed by atoms with Crippen LogP contribution in [0.5, 0.6) is 0 Å². The summed E-state index contributed by atoms with van der Waals surface area (Å²) in [6.45, 7) is 4.16. The molecule has 6 heteroatoms. The van der Waals surface area contributed by atoms with Gasteiger partial charge < -0.3 is 14.8 Å². The lowest BCUT2D eigenvalue weighted by Gasteiger charge is -2.14. The Bertz CT molecular complexity index is 1200. The van der Waals surface area contributed by atoms with Gasteiger partial charge in [0.15, 0.2) is 5.43 Å². The van der Waals surface area contributed by atoms with E-state index in [1.807, 2.05) is 36.6 Å². The number of pyridine rings is 1. The van der Waals surface area contributed by atoms with E-state index in [2.05, 4.69) is 5.16 Å². The zero-order valence-corrected chi connectivity index (χ0v) is 15.0. The molecule has 27 heavy (non-hydrogen) atoms. The lowest BCUT2D eigenvalue weighted by atomic mass is 10.0. The summed E-state index contributed by atoms with van der Waals surface area (Å²) in [6.07, 6.45) is 1.73. The van der Waals surface area contributed by atoms with Crippen LogP contribution in [0.3, 0.4) is 0 Å². The van der Waals surface area contributed by atoms with Crippen molar-refractivity contribution in [2.45, 2.75) is 20.4 Å². The predicted octanol–water partition coefficient (Wildman–Crippen LogP) is 4.04. The van der Waals surface area contributed by atoms with Gasteiger partial charge in [0.25, 0.3) is 0 Å². The number of nitrogens with two attached hydrogens (primary N) is 1. The molecule has 4 rings (SSSR count). The van der Waals surface area contributed by atoms with E-state index >= 15 is 0 Å². The number of anilines is 1. The molecule has 0 aliphatic carbocycles. The van der Waals surface area contributed by atoms with Gasteiger partial charge in [-0.3, -0.25) is 4.79 Å². The van der Waals surface area contributed by atoms with Gasteiger partial charge in [-0.2, -0.15) is 0 Å². The van der Waals surface area contributed by atoms with Crippen molar-refractivity contribution in [3.05, 3.63) is 81.7 Å². The third kappa shape index (κ3) is 2.99. The van der Waals surface area contributed by atoms with E-state index in [1.54, 1.807) is 12.3 Å². The lowest BCUT2D eigenvalue weighted by molar-refractivity contribution is 0.393. The number of nitrogen functional groups attached to an aromatic ring is 1. The van der Waals surface area contributed by atoms with Gasteiger partial charge in [-0.1, -0.05) is 17.3 Å². The van der Waals surface area contributed by atoms with Crippen molar-refractivity contribution >= 4 is 16.6 Å². The van der Waals surface area contributed by atoms with Crippen LogP contribution in [0.4, 0.5) is 10.1 Å². The van der Waals surface area contributed by atoms with Crippen LogP contribution in [0, 0.1) is 19.7 Å². The lowest BCUT2D eigenvalue weighted by Crippen LogP contribution is -2.10. The summed E-state index contributed by atoms with van der Waals surface area (Å²) < 4.78 is 20.5. The summed E-state index contributed by atoms with van der Waals surface area (Å²) in [5, 5.41) is 4.61. The molecule has 0 unspecified atom stereocenters. The number of nitrogens with zero attached hydrogens (tertiary/aromatic N) is 2. The highest BCUT2D eigenvalue weighted by atomic mass is 19.1. The van der Waals surface area contributed by atoms with Crippen molar-refractivity contribution in [1.82, 2.24) is 9.72 Å². The molecule has 0 saturated carbocycles. The van der Waals surface area contributed by atoms with E-state index in [-0.39, 0.29) is 11.2 Å². The van der Waals surface area contributed by atoms with E-state index < -0.39 is 0 Å². The fourth-order valence-corrected chi connectivity index (χ4v) is 3.39. The van der Waals surface area contributed by atoms with Crippen LogP contribution in [-0.4, -0.2) is 9.72 Å². The Hall–Kier alpha value is -3.41. The molecule has 0 atom stereocenters. The van der Waals surface area contributed by atoms with Gasteiger partial charge in [0.2, 0.25) is 0 Å². The number of fused-ring (bicyclic) bond motifs is 1. The van der Waals surface area contributed by atoms with Gasteiger partial charge in [-0.15, -0.1) is 0 Å². The molecule has 0 radical (unpaired) electrons. The molecule has 0 bridgehead atoms. The van der Waals surface area contributed by atoms with Gasteiger partial charge >= 0.3 is 0 Å². The summed E-state index contributed by atoms with van der Waals surface area (Å²) in [7, 11) is 0. The Balaban J connectivity index is 1.89. The molecule has 2 aromatic carbocycles. The highest BCUT2D eigenvalue weighted by molar-refractivity contribution is 5.85. The minimum atomic E-state index is -0.373. The minimum absolute atomic E-state index is 0.0568. The Morgan fingerprint density at radius 1 is 1.15 bits per heavy atom. The van der Waals surface area contributed by atoms with E-state index in [0.717, 1.165) is 33.7 Å². The van der Waals surface area contributed by atoms with Gasteiger partial charge in [-0.05, 0) is 49.2 Å². The number of rotatable bonds is 3. The second-order valence-electron chi connectivity index (χ2n) is 6.58. The molecule has 0 spiro atoms. The van der Waals surface area contributed by atoms with E-state index in [9.17, 15) is 9.18 Å². The van der Waals surface area contributed by atoms with E-state index in [4.69, 9.17) is 10.3 Å². The van der Waals surface area contributed by atoms with Crippen molar-refractivity contribution in [2.75, 3.05) is 5.73 Å². The number of halogens is 1. The van der Waals surface area contributed by atoms with E-state index in [0.29, 0.717) is 17.6 Å². The number of hydrogen-bond acceptors (Lipinski definition) is 4. The van der Waals surface area contributed by atoms with Crippen LogP contribution in [0.15, 0.2) is 58.0 Å². The maximum Gasteiger partial charge on any atom is 0.189 e. The van der Waals surface area contributed by atoms with E-state index in [1.165, 1.54) is 18.2 Å². The summed E-state index contributed by atoms with van der Waals surface area (Å²) in [6, 6.07) is 11.5. The Morgan fingerprint density at radius 2 is 1.96 bits per heavy atom. The van der Waals surface area contributed by atoms with Gasteiger partial charge in [0.05, 0.1) is 11.2 Å². The van der Waals surface area contributed by atoms with Crippen LogP contribution < -0.4 is 11.2 Å². The highest BCUT2D eigenvalue weighted by Gasteiger charge is 2.14. The fourth-order valence-electron chi connectivity index (χ4n) is 3.39. The molecule has 0 aliphatic heterocycles. The number of aromatic nitrogens is 2. The standard InChI is InChI=1S/C21H18FN3O2/c1-12-21(13(2)27-24-12)14-4-6-17-19(9-14)25(8-7-20(17)26)11-15-3-5-16(22)10-18(15)23/h3-10H,11,23H2,1-2H3. The first-order chi connectivity index (χ1) is 12.9. The highest BCUT2D eigenvalue weighted by Crippen LogP contribution is 2.29. The molecular weight excluding hydrogens is 345 g/mol. The molecular formula is C21H18FN3O2. The Morgan fingerprint density at radius 3 is 2.67 bits per heavy atom. The maximum atomic E-state index is 13.3. The summed E-state index contributed by atoms with van der Waals surface area (Å²) in [4.78, 5) is 12.3. The second kappa shape index (κ2) is 6.39. The number of aryl methyl sites for hydroxylation is 2. The Labute approximate surface area is 154 Å². The van der Waals surface area contributed by atoms with Crippen LogP contribution in [-0.2, 0) is 6.54 Å². The van der Waals surface area contributed by atoms with Crippen LogP contribution in [0.1, 0.15) is 17.0 Å². The van der Waals surface area contributed by atoms with Crippen molar-refractivity contribution in [1.29, 1.82) is 0 Å². The predicted molar refractivity (Wildman–Crippen MR) is 103 cm³/mol. The SMILES string of the molecule is Cc1noc(C)c1-c1ccc2c(=O)ccn(Cc3ccc(F)cc3N)c2c1. The third-order valence-electron chi connectivity index (χ3n) is 4.75. The third-order valence-corrected chi connectivity index (χ3v) is 4.75. The minimum Gasteiger partial charge on any atom is -0.398 e. The monoisotopic (exact) mass is 363 g/mol. The molecule has 2 N–H and O–H groups in total. The molecule has 0 aliphatic rings. The fraction of sp³-hybridized carbons (Fsp3) is 0.143. The van der Waals surface area contributed by atoms with Gasteiger partial charge in [0, 0.05) is 35.4 Å². The normalized spacial score (nSPS) is 11.2. The summed E-state index contributed by atoms with van der Waals surface area (Å²) >= 11 is 0. The van der Waals surface area contributed by atoms with Crippen LogP contribution >= 0.6 is 0 Å². The molecule has 0 amide bonds. The summed E-state index contributed by atoms with van der Waals surface area (Å²) in [5.74, 6) is 0.348. The molecule has 4 aromatic rings. The number of benzene rings is 2. The van der Waals surface area contributed by atoms with Gasteiger partial charge in [0.1, 0.15) is 11.6 Å². The van der Waals surface area contributed by atoms with Crippen LogP contribution in [0.25, 0.3) is 22.0 Å². The zero-order valence-electron chi connectivity index (χ0n) is 15.0. The zero-order chi connectivity index (χ0) is 19.1. The van der Waals surface area contributed by atoms with Crippen molar-refractivity contribution in [3.63, 3.8) is 0 Å². The molecule has 0 fully saturated rings. The molecule has 2 aromatic heterocycles. The van der Waals surface area contributed by atoms with Crippen molar-refractivity contribution < 1.29 is 8.91 Å². The molecule has 0 saturated heterocycles. The second-order valence-corrected chi connectivity index (χ2v) is 6.58.